The minimum absolute atomic E-state index is 0.644. The zero-order valence-corrected chi connectivity index (χ0v) is 12.6. The molecule has 1 N–H and O–H groups in total. The van der Waals surface area contributed by atoms with Gasteiger partial charge in [-0.2, -0.15) is 11.8 Å². The maximum atomic E-state index is 3.58. The Labute approximate surface area is 116 Å². The summed E-state index contributed by atoms with van der Waals surface area (Å²) in [7, 11) is 2.20. The Morgan fingerprint density at radius 3 is 3.12 bits per heavy atom. The molecule has 0 spiro atoms. The lowest BCUT2D eigenvalue weighted by Crippen LogP contribution is -2.44. The van der Waals surface area contributed by atoms with E-state index in [0.717, 1.165) is 24.1 Å². The van der Waals surface area contributed by atoms with Crippen LogP contribution >= 0.6 is 27.7 Å². The first-order valence-electron chi connectivity index (χ1n) is 5.98. The van der Waals surface area contributed by atoms with E-state index in [1.807, 2.05) is 0 Å². The SMILES string of the molecule is CN(Cc1cccc(Br)c1)CC1CSCCN1. The van der Waals surface area contributed by atoms with E-state index in [1.165, 1.54) is 17.1 Å². The van der Waals surface area contributed by atoms with Crippen LogP contribution in [0, 0.1) is 0 Å². The first-order chi connectivity index (χ1) is 8.24. The number of likely N-dealkylation sites (N-methyl/N-ethyl adjacent to an activating group) is 1. The molecule has 0 aliphatic carbocycles. The molecule has 1 atom stereocenters. The van der Waals surface area contributed by atoms with E-state index in [9.17, 15) is 0 Å². The van der Waals surface area contributed by atoms with Crippen molar-refractivity contribution in [3.63, 3.8) is 0 Å². The van der Waals surface area contributed by atoms with E-state index in [1.54, 1.807) is 0 Å². The predicted molar refractivity (Wildman–Crippen MR) is 79.6 cm³/mol. The number of rotatable bonds is 4. The molecule has 1 aliphatic heterocycles. The van der Waals surface area contributed by atoms with E-state index in [0.29, 0.717) is 6.04 Å². The van der Waals surface area contributed by atoms with E-state index >= 15 is 0 Å². The van der Waals surface area contributed by atoms with Gasteiger partial charge in [0.25, 0.3) is 0 Å². The topological polar surface area (TPSA) is 15.3 Å². The van der Waals surface area contributed by atoms with Crippen molar-refractivity contribution in [1.29, 1.82) is 0 Å². The average molecular weight is 315 g/mol. The summed E-state index contributed by atoms with van der Waals surface area (Å²) in [5.74, 6) is 2.49. The molecule has 1 aromatic rings. The van der Waals surface area contributed by atoms with Crippen LogP contribution in [-0.4, -0.2) is 42.6 Å². The van der Waals surface area contributed by atoms with Gasteiger partial charge in [-0.25, -0.2) is 0 Å². The molecule has 4 heteroatoms. The van der Waals surface area contributed by atoms with Crippen LogP contribution in [0.25, 0.3) is 0 Å². The molecule has 1 unspecified atom stereocenters. The Hall–Kier alpha value is -0.0300. The molecule has 1 aliphatic rings. The van der Waals surface area contributed by atoms with Crippen LogP contribution in [0.3, 0.4) is 0 Å². The second kappa shape index (κ2) is 6.78. The van der Waals surface area contributed by atoms with Crippen molar-refractivity contribution in [3.05, 3.63) is 34.3 Å². The summed E-state index contributed by atoms with van der Waals surface area (Å²) < 4.78 is 1.16. The van der Waals surface area contributed by atoms with Crippen LogP contribution in [0.15, 0.2) is 28.7 Å². The summed E-state index contributed by atoms with van der Waals surface area (Å²) in [5, 5.41) is 3.58. The largest absolute Gasteiger partial charge is 0.311 e. The van der Waals surface area contributed by atoms with E-state index in [-0.39, 0.29) is 0 Å². The number of nitrogens with zero attached hydrogens (tertiary/aromatic N) is 1. The van der Waals surface area contributed by atoms with Crippen LogP contribution in [-0.2, 0) is 6.54 Å². The van der Waals surface area contributed by atoms with Crippen LogP contribution < -0.4 is 5.32 Å². The monoisotopic (exact) mass is 314 g/mol. The normalized spacial score (nSPS) is 20.8. The van der Waals surface area contributed by atoms with E-state index in [4.69, 9.17) is 0 Å². The number of hydrogen-bond donors (Lipinski definition) is 1. The van der Waals surface area contributed by atoms with Crippen molar-refractivity contribution in [1.82, 2.24) is 10.2 Å². The smallest absolute Gasteiger partial charge is 0.0285 e. The highest BCUT2D eigenvalue weighted by atomic mass is 79.9. The maximum absolute atomic E-state index is 3.58. The molecule has 1 aromatic carbocycles. The number of thioether (sulfide) groups is 1. The van der Waals surface area contributed by atoms with Crippen molar-refractivity contribution in [3.8, 4) is 0 Å². The lowest BCUT2D eigenvalue weighted by molar-refractivity contribution is 0.292. The Kier molecular flexibility index (Phi) is 5.35. The van der Waals surface area contributed by atoms with Crippen molar-refractivity contribution < 1.29 is 0 Å². The molecule has 0 bridgehead atoms. The second-order valence-electron chi connectivity index (χ2n) is 4.55. The third kappa shape index (κ3) is 4.62. The molecule has 1 heterocycles. The summed E-state index contributed by atoms with van der Waals surface area (Å²) in [5.41, 5.74) is 1.37. The molecular weight excluding hydrogens is 296 g/mol. The first kappa shape index (κ1) is 13.4. The standard InChI is InChI=1S/C13H19BrN2S/c1-16(9-13-10-17-6-5-15-13)8-11-3-2-4-12(14)7-11/h2-4,7,13,15H,5-6,8-10H2,1H3. The number of halogens is 1. The summed E-state index contributed by atoms with van der Waals surface area (Å²) in [6.07, 6.45) is 0. The van der Waals surface area contributed by atoms with Crippen LogP contribution in [0.1, 0.15) is 5.56 Å². The maximum Gasteiger partial charge on any atom is 0.0285 e. The fourth-order valence-corrected chi connectivity index (χ4v) is 3.51. The molecule has 94 valence electrons. The molecule has 2 rings (SSSR count). The fraction of sp³-hybridized carbons (Fsp3) is 0.538. The summed E-state index contributed by atoms with van der Waals surface area (Å²) in [6.45, 7) is 3.29. The van der Waals surface area contributed by atoms with Crippen molar-refractivity contribution in [2.75, 3.05) is 31.6 Å². The van der Waals surface area contributed by atoms with Gasteiger partial charge in [0, 0.05) is 41.7 Å². The predicted octanol–water partition coefficient (Wildman–Crippen LogP) is 2.59. The Bertz CT molecular complexity index is 353. The quantitative estimate of drug-likeness (QED) is 0.919. The van der Waals surface area contributed by atoms with E-state index < -0.39 is 0 Å². The third-order valence-electron chi connectivity index (χ3n) is 2.87. The number of benzene rings is 1. The van der Waals surface area contributed by atoms with Crippen LogP contribution in [0.4, 0.5) is 0 Å². The molecule has 0 amide bonds. The molecule has 17 heavy (non-hydrogen) atoms. The van der Waals surface area contributed by atoms with Gasteiger partial charge in [0.15, 0.2) is 0 Å². The van der Waals surface area contributed by atoms with Gasteiger partial charge < -0.3 is 10.2 Å². The molecule has 2 nitrogen and oxygen atoms in total. The van der Waals surface area contributed by atoms with Gasteiger partial charge in [-0.1, -0.05) is 28.1 Å². The van der Waals surface area contributed by atoms with Gasteiger partial charge in [0.1, 0.15) is 0 Å². The second-order valence-corrected chi connectivity index (χ2v) is 6.62. The number of hydrogen-bond acceptors (Lipinski definition) is 3. The van der Waals surface area contributed by atoms with Crippen molar-refractivity contribution >= 4 is 27.7 Å². The zero-order valence-electron chi connectivity index (χ0n) is 10.2. The molecule has 1 fully saturated rings. The van der Waals surface area contributed by atoms with Gasteiger partial charge in [-0.05, 0) is 24.7 Å². The van der Waals surface area contributed by atoms with Gasteiger partial charge in [-0.15, -0.1) is 0 Å². The lowest BCUT2D eigenvalue weighted by Gasteiger charge is -2.28. The highest BCUT2D eigenvalue weighted by molar-refractivity contribution is 9.10. The molecular formula is C13H19BrN2S. The number of nitrogens with one attached hydrogen (secondary N) is 1. The van der Waals surface area contributed by atoms with E-state index in [2.05, 4.69) is 69.2 Å². The molecule has 0 radical (unpaired) electrons. The zero-order chi connectivity index (χ0) is 12.1. The van der Waals surface area contributed by atoms with Gasteiger partial charge in [0.05, 0.1) is 0 Å². The Balaban J connectivity index is 1.82. The Morgan fingerprint density at radius 2 is 2.41 bits per heavy atom. The average Bonchev–Trinajstić information content (AvgIpc) is 2.30. The van der Waals surface area contributed by atoms with Crippen LogP contribution in [0.2, 0.25) is 0 Å². The minimum Gasteiger partial charge on any atom is -0.311 e. The molecule has 0 aromatic heterocycles. The highest BCUT2D eigenvalue weighted by Crippen LogP contribution is 2.14. The summed E-state index contributed by atoms with van der Waals surface area (Å²) in [4.78, 5) is 2.39. The summed E-state index contributed by atoms with van der Waals surface area (Å²) in [6, 6.07) is 9.19. The highest BCUT2D eigenvalue weighted by Gasteiger charge is 2.14. The first-order valence-corrected chi connectivity index (χ1v) is 7.93. The van der Waals surface area contributed by atoms with Crippen molar-refractivity contribution in [2.45, 2.75) is 12.6 Å². The van der Waals surface area contributed by atoms with Crippen LogP contribution in [0.5, 0.6) is 0 Å². The van der Waals surface area contributed by atoms with Gasteiger partial charge in [0.2, 0.25) is 0 Å². The van der Waals surface area contributed by atoms with Crippen molar-refractivity contribution in [2.24, 2.45) is 0 Å². The van der Waals surface area contributed by atoms with Gasteiger partial charge in [-0.3, -0.25) is 0 Å². The fourth-order valence-electron chi connectivity index (χ4n) is 2.12. The Morgan fingerprint density at radius 1 is 1.53 bits per heavy atom. The summed E-state index contributed by atoms with van der Waals surface area (Å²) >= 11 is 5.57. The lowest BCUT2D eigenvalue weighted by atomic mass is 10.2. The minimum atomic E-state index is 0.644. The van der Waals surface area contributed by atoms with Gasteiger partial charge >= 0.3 is 0 Å². The molecule has 1 saturated heterocycles. The third-order valence-corrected chi connectivity index (χ3v) is 4.50. The molecule has 0 saturated carbocycles.